The maximum absolute atomic E-state index is 12.2. The fourth-order valence-corrected chi connectivity index (χ4v) is 2.51. The van der Waals surface area contributed by atoms with E-state index in [0.717, 1.165) is 4.90 Å². The molecule has 1 aromatic carbocycles. The van der Waals surface area contributed by atoms with Crippen molar-refractivity contribution < 1.29 is 24.3 Å². The summed E-state index contributed by atoms with van der Waals surface area (Å²) in [4.78, 5) is 49.4. The first-order valence-corrected chi connectivity index (χ1v) is 5.98. The van der Waals surface area contributed by atoms with Crippen molar-refractivity contribution in [2.75, 3.05) is 6.73 Å². The molecule has 102 valence electrons. The molecule has 20 heavy (non-hydrogen) atoms. The number of imide groups is 2. The largest absolute Gasteiger partial charge is 0.376 e. The van der Waals surface area contributed by atoms with Crippen molar-refractivity contribution in [3.63, 3.8) is 0 Å². The highest BCUT2D eigenvalue weighted by Gasteiger charge is 2.49. The van der Waals surface area contributed by atoms with E-state index >= 15 is 0 Å². The summed E-state index contributed by atoms with van der Waals surface area (Å²) in [5, 5.41) is 8.97. The quantitative estimate of drug-likeness (QED) is 0.724. The Morgan fingerprint density at radius 3 is 2.05 bits per heavy atom. The van der Waals surface area contributed by atoms with Crippen molar-refractivity contribution in [2.24, 2.45) is 0 Å². The first-order valence-electron chi connectivity index (χ1n) is 5.98. The summed E-state index contributed by atoms with van der Waals surface area (Å²) in [5.41, 5.74) is 0.445. The van der Waals surface area contributed by atoms with Gasteiger partial charge in [0.1, 0.15) is 12.8 Å². The van der Waals surface area contributed by atoms with E-state index in [-0.39, 0.29) is 17.5 Å². The van der Waals surface area contributed by atoms with Crippen LogP contribution in [0.15, 0.2) is 24.3 Å². The predicted octanol–water partition coefficient (Wildman–Crippen LogP) is -0.640. The summed E-state index contributed by atoms with van der Waals surface area (Å²) in [6, 6.07) is 5.08. The molecule has 1 saturated heterocycles. The zero-order valence-corrected chi connectivity index (χ0v) is 10.3. The summed E-state index contributed by atoms with van der Waals surface area (Å²) in [5.74, 6) is -2.50. The van der Waals surface area contributed by atoms with E-state index in [4.69, 9.17) is 5.11 Å². The summed E-state index contributed by atoms with van der Waals surface area (Å²) < 4.78 is 0. The summed E-state index contributed by atoms with van der Waals surface area (Å²) in [6.07, 6.45) is -0.287. The van der Waals surface area contributed by atoms with E-state index in [1.807, 2.05) is 0 Å². The average Bonchev–Trinajstić information content (AvgIpc) is 2.86. The molecule has 0 spiro atoms. The molecule has 1 aromatic rings. The highest BCUT2D eigenvalue weighted by Crippen LogP contribution is 2.28. The Bertz CT molecular complexity index is 619. The molecular formula is C13H10N2O5. The number of amides is 4. The molecule has 2 aliphatic rings. The first-order chi connectivity index (χ1) is 9.56. The lowest BCUT2D eigenvalue weighted by atomic mass is 10.1. The Morgan fingerprint density at radius 2 is 1.60 bits per heavy atom. The molecule has 4 amide bonds. The van der Waals surface area contributed by atoms with Crippen molar-refractivity contribution in [1.29, 1.82) is 0 Å². The van der Waals surface area contributed by atoms with Crippen molar-refractivity contribution in [1.82, 2.24) is 9.80 Å². The third kappa shape index (κ3) is 1.50. The minimum atomic E-state index is -1.16. The second kappa shape index (κ2) is 4.24. The number of hydrogen-bond donors (Lipinski definition) is 1. The van der Waals surface area contributed by atoms with E-state index in [1.165, 1.54) is 12.1 Å². The molecule has 7 nitrogen and oxygen atoms in total. The van der Waals surface area contributed by atoms with Crippen LogP contribution in [0.4, 0.5) is 0 Å². The number of aliphatic hydroxyl groups is 1. The lowest BCUT2D eigenvalue weighted by Crippen LogP contribution is -2.45. The number of carbonyl (C=O) groups excluding carboxylic acids is 4. The third-order valence-electron chi connectivity index (χ3n) is 3.50. The SMILES string of the molecule is O=C1CC(N2C(=O)c3ccccc3C2=O)C(=O)N1CO. The van der Waals surface area contributed by atoms with Gasteiger partial charge in [-0.15, -0.1) is 0 Å². The van der Waals surface area contributed by atoms with Crippen molar-refractivity contribution >= 4 is 23.6 Å². The van der Waals surface area contributed by atoms with Gasteiger partial charge in [0.15, 0.2) is 0 Å². The Balaban J connectivity index is 1.98. The average molecular weight is 274 g/mol. The van der Waals surface area contributed by atoms with Crippen LogP contribution in [-0.4, -0.2) is 51.3 Å². The number of likely N-dealkylation sites (tertiary alicyclic amines) is 1. The Kier molecular flexibility index (Phi) is 2.65. The van der Waals surface area contributed by atoms with Gasteiger partial charge >= 0.3 is 0 Å². The highest BCUT2D eigenvalue weighted by molar-refractivity contribution is 6.24. The lowest BCUT2D eigenvalue weighted by molar-refractivity contribution is -0.143. The van der Waals surface area contributed by atoms with Crippen molar-refractivity contribution in [3.8, 4) is 0 Å². The second-order valence-electron chi connectivity index (χ2n) is 4.55. The first kappa shape index (κ1) is 12.5. The Labute approximate surface area is 113 Å². The molecule has 3 rings (SSSR count). The van der Waals surface area contributed by atoms with Gasteiger partial charge in [0.05, 0.1) is 17.5 Å². The van der Waals surface area contributed by atoms with Crippen LogP contribution in [0.3, 0.4) is 0 Å². The number of nitrogens with zero attached hydrogens (tertiary/aromatic N) is 2. The Morgan fingerprint density at radius 1 is 1.05 bits per heavy atom. The van der Waals surface area contributed by atoms with Gasteiger partial charge in [-0.2, -0.15) is 0 Å². The maximum Gasteiger partial charge on any atom is 0.262 e. The van der Waals surface area contributed by atoms with E-state index in [2.05, 4.69) is 0 Å². The number of benzene rings is 1. The van der Waals surface area contributed by atoms with Crippen LogP contribution in [0.1, 0.15) is 27.1 Å². The van der Waals surface area contributed by atoms with Gasteiger partial charge in [0.2, 0.25) is 5.91 Å². The Hall–Kier alpha value is -2.54. The zero-order valence-electron chi connectivity index (χ0n) is 10.3. The molecule has 2 heterocycles. The number of hydrogen-bond acceptors (Lipinski definition) is 5. The van der Waals surface area contributed by atoms with Crippen LogP contribution in [0.5, 0.6) is 0 Å². The van der Waals surface area contributed by atoms with Gasteiger partial charge in [-0.1, -0.05) is 12.1 Å². The van der Waals surface area contributed by atoms with Gasteiger partial charge in [0.25, 0.3) is 17.7 Å². The standard InChI is InChI=1S/C13H10N2O5/c16-6-14-10(17)5-9(13(14)20)15-11(18)7-3-1-2-4-8(7)12(15)19/h1-4,9,16H,5-6H2. The van der Waals surface area contributed by atoms with Gasteiger partial charge in [-0.3, -0.25) is 29.0 Å². The zero-order chi connectivity index (χ0) is 14.4. The number of rotatable bonds is 2. The van der Waals surface area contributed by atoms with E-state index in [9.17, 15) is 19.2 Å². The van der Waals surface area contributed by atoms with Crippen LogP contribution in [0.2, 0.25) is 0 Å². The lowest BCUT2D eigenvalue weighted by Gasteiger charge is -2.19. The van der Waals surface area contributed by atoms with Gasteiger partial charge in [-0.05, 0) is 12.1 Å². The molecule has 7 heteroatoms. The van der Waals surface area contributed by atoms with Crippen LogP contribution < -0.4 is 0 Å². The minimum Gasteiger partial charge on any atom is -0.376 e. The van der Waals surface area contributed by atoms with Gasteiger partial charge in [0, 0.05) is 0 Å². The minimum absolute atomic E-state index is 0.222. The molecule has 0 aliphatic carbocycles. The monoisotopic (exact) mass is 274 g/mol. The van der Waals surface area contributed by atoms with Crippen LogP contribution in [0, 0.1) is 0 Å². The van der Waals surface area contributed by atoms with Crippen LogP contribution >= 0.6 is 0 Å². The molecule has 2 aliphatic heterocycles. The topological polar surface area (TPSA) is 95.0 Å². The summed E-state index contributed by atoms with van der Waals surface area (Å²) >= 11 is 0. The van der Waals surface area contributed by atoms with E-state index in [1.54, 1.807) is 12.1 Å². The summed E-state index contributed by atoms with van der Waals surface area (Å²) in [6.45, 7) is -0.753. The molecule has 1 fully saturated rings. The molecule has 0 saturated carbocycles. The van der Waals surface area contributed by atoms with Crippen LogP contribution in [-0.2, 0) is 9.59 Å². The van der Waals surface area contributed by atoms with E-state index in [0.29, 0.717) is 4.90 Å². The normalized spacial score (nSPS) is 21.9. The molecule has 1 unspecified atom stereocenters. The number of aliphatic hydroxyl groups excluding tert-OH is 1. The van der Waals surface area contributed by atoms with Gasteiger partial charge in [-0.25, -0.2) is 0 Å². The van der Waals surface area contributed by atoms with E-state index < -0.39 is 36.4 Å². The second-order valence-corrected chi connectivity index (χ2v) is 4.55. The van der Waals surface area contributed by atoms with Crippen molar-refractivity contribution in [2.45, 2.75) is 12.5 Å². The third-order valence-corrected chi connectivity index (χ3v) is 3.50. The molecule has 1 N–H and O–H groups in total. The summed E-state index contributed by atoms with van der Waals surface area (Å²) in [7, 11) is 0. The number of fused-ring (bicyclic) bond motifs is 1. The predicted molar refractivity (Wildman–Crippen MR) is 64.3 cm³/mol. The highest BCUT2D eigenvalue weighted by atomic mass is 16.3. The van der Waals surface area contributed by atoms with Crippen molar-refractivity contribution in [3.05, 3.63) is 35.4 Å². The molecule has 1 atom stereocenters. The smallest absolute Gasteiger partial charge is 0.262 e. The fraction of sp³-hybridized carbons (Fsp3) is 0.231. The van der Waals surface area contributed by atoms with Crippen LogP contribution in [0.25, 0.3) is 0 Å². The number of carbonyl (C=O) groups is 4. The molecule has 0 bridgehead atoms. The van der Waals surface area contributed by atoms with Gasteiger partial charge < -0.3 is 5.11 Å². The molecular weight excluding hydrogens is 264 g/mol. The maximum atomic E-state index is 12.2. The molecule has 0 radical (unpaired) electrons. The fourth-order valence-electron chi connectivity index (χ4n) is 2.51. The molecule has 0 aromatic heterocycles.